The molecule has 8 nitrogen and oxygen atoms in total. The zero-order chi connectivity index (χ0) is 17.0. The van der Waals surface area contributed by atoms with Gasteiger partial charge in [-0.15, -0.1) is 0 Å². The van der Waals surface area contributed by atoms with Crippen LogP contribution in [0.1, 0.15) is 12.5 Å². The molecular weight excluding hydrogens is 345 g/mol. The standard InChI is InChI=1S/C13H11Cl2N5O3/c1-8(11-3-2-9(14)4-12(11)15)17-18-13(21)7-19-6-10(5-16-19)20(22)23/h2-6H,7H2,1H3,(H,18,21)/b17-8+. The largest absolute Gasteiger partial charge is 0.307 e. The van der Waals surface area contributed by atoms with Crippen molar-refractivity contribution in [2.24, 2.45) is 5.10 Å². The van der Waals surface area contributed by atoms with Gasteiger partial charge in [0.05, 0.1) is 15.7 Å². The number of nitrogens with one attached hydrogen (secondary N) is 1. The normalized spacial score (nSPS) is 11.3. The number of hydrogen-bond donors (Lipinski definition) is 1. The highest BCUT2D eigenvalue weighted by molar-refractivity contribution is 6.37. The molecule has 1 aromatic heterocycles. The van der Waals surface area contributed by atoms with E-state index in [1.54, 1.807) is 25.1 Å². The van der Waals surface area contributed by atoms with E-state index in [0.717, 1.165) is 17.1 Å². The summed E-state index contributed by atoms with van der Waals surface area (Å²) in [5.74, 6) is -0.479. The van der Waals surface area contributed by atoms with Gasteiger partial charge < -0.3 is 0 Å². The fourth-order valence-electron chi connectivity index (χ4n) is 1.71. The molecule has 0 saturated carbocycles. The van der Waals surface area contributed by atoms with Crippen molar-refractivity contribution >= 4 is 40.5 Å². The van der Waals surface area contributed by atoms with Crippen LogP contribution < -0.4 is 5.43 Å². The van der Waals surface area contributed by atoms with Crippen LogP contribution in [0.3, 0.4) is 0 Å². The summed E-state index contributed by atoms with van der Waals surface area (Å²) in [5, 5.41) is 19.1. The smallest absolute Gasteiger partial charge is 0.271 e. The molecule has 0 spiro atoms. The average Bonchev–Trinajstić information content (AvgIpc) is 2.93. The number of carbonyl (C=O) groups excluding carboxylic acids is 1. The van der Waals surface area contributed by atoms with Crippen LogP contribution in [0.15, 0.2) is 35.7 Å². The molecule has 1 aromatic carbocycles. The number of nitro groups is 1. The summed E-state index contributed by atoms with van der Waals surface area (Å²) >= 11 is 11.9. The molecule has 120 valence electrons. The van der Waals surface area contributed by atoms with Crippen LogP contribution in [0.4, 0.5) is 5.69 Å². The first-order valence-corrected chi connectivity index (χ1v) is 7.08. The van der Waals surface area contributed by atoms with Gasteiger partial charge in [-0.05, 0) is 19.1 Å². The van der Waals surface area contributed by atoms with Crippen molar-refractivity contribution in [2.45, 2.75) is 13.5 Å². The molecule has 0 fully saturated rings. The second-order valence-corrected chi connectivity index (χ2v) is 5.35. The van der Waals surface area contributed by atoms with Gasteiger partial charge in [-0.25, -0.2) is 5.43 Å². The lowest BCUT2D eigenvalue weighted by Gasteiger charge is -2.05. The van der Waals surface area contributed by atoms with Crippen molar-refractivity contribution in [3.8, 4) is 0 Å². The topological polar surface area (TPSA) is 102 Å². The Morgan fingerprint density at radius 2 is 2.22 bits per heavy atom. The zero-order valence-electron chi connectivity index (χ0n) is 11.9. The monoisotopic (exact) mass is 355 g/mol. The molecule has 0 unspecified atom stereocenters. The van der Waals surface area contributed by atoms with Crippen LogP contribution in [0, 0.1) is 10.1 Å². The third-order valence-electron chi connectivity index (χ3n) is 2.81. The third kappa shape index (κ3) is 4.51. The van der Waals surface area contributed by atoms with Gasteiger partial charge in [0.15, 0.2) is 0 Å². The molecule has 1 N–H and O–H groups in total. The summed E-state index contributed by atoms with van der Waals surface area (Å²) in [6.45, 7) is 1.48. The van der Waals surface area contributed by atoms with Crippen molar-refractivity contribution in [2.75, 3.05) is 0 Å². The maximum atomic E-state index is 11.8. The molecule has 10 heteroatoms. The Balaban J connectivity index is 2.00. The Morgan fingerprint density at radius 1 is 1.48 bits per heavy atom. The van der Waals surface area contributed by atoms with E-state index in [1.165, 1.54) is 0 Å². The van der Waals surface area contributed by atoms with Gasteiger partial charge in [0.2, 0.25) is 0 Å². The highest BCUT2D eigenvalue weighted by atomic mass is 35.5. The van der Waals surface area contributed by atoms with Crippen LogP contribution in [-0.4, -0.2) is 26.3 Å². The number of hydrazone groups is 1. The van der Waals surface area contributed by atoms with Crippen molar-refractivity contribution in [1.29, 1.82) is 0 Å². The van der Waals surface area contributed by atoms with E-state index >= 15 is 0 Å². The average molecular weight is 356 g/mol. The van der Waals surface area contributed by atoms with Gasteiger partial charge in [-0.2, -0.15) is 10.2 Å². The van der Waals surface area contributed by atoms with Gasteiger partial charge in [0, 0.05) is 10.6 Å². The second kappa shape index (κ2) is 7.21. The molecule has 0 radical (unpaired) electrons. The van der Waals surface area contributed by atoms with Crippen LogP contribution in [0.5, 0.6) is 0 Å². The number of nitrogens with zero attached hydrogens (tertiary/aromatic N) is 4. The molecule has 23 heavy (non-hydrogen) atoms. The number of hydrogen-bond acceptors (Lipinski definition) is 5. The van der Waals surface area contributed by atoms with Crippen molar-refractivity contribution in [3.63, 3.8) is 0 Å². The van der Waals surface area contributed by atoms with E-state index in [2.05, 4.69) is 15.6 Å². The Morgan fingerprint density at radius 3 is 2.83 bits per heavy atom. The molecule has 0 aliphatic heterocycles. The minimum absolute atomic E-state index is 0.189. The van der Waals surface area contributed by atoms with E-state index in [0.29, 0.717) is 21.3 Å². The first-order chi connectivity index (χ1) is 10.9. The second-order valence-electron chi connectivity index (χ2n) is 4.51. The minimum atomic E-state index is -0.591. The summed E-state index contributed by atoms with van der Waals surface area (Å²) in [5.41, 5.74) is 3.27. The molecule has 0 aliphatic carbocycles. The lowest BCUT2D eigenvalue weighted by atomic mass is 10.1. The Hall–Kier alpha value is -2.45. The van der Waals surface area contributed by atoms with E-state index in [-0.39, 0.29) is 12.2 Å². The molecule has 0 bridgehead atoms. The highest BCUT2D eigenvalue weighted by Gasteiger charge is 2.11. The summed E-state index contributed by atoms with van der Waals surface area (Å²) in [6, 6.07) is 4.92. The molecule has 0 saturated heterocycles. The summed E-state index contributed by atoms with van der Waals surface area (Å²) in [6.07, 6.45) is 2.22. The lowest BCUT2D eigenvalue weighted by Crippen LogP contribution is -2.24. The van der Waals surface area contributed by atoms with Crippen molar-refractivity contribution in [1.82, 2.24) is 15.2 Å². The Bertz CT molecular complexity index is 788. The quantitative estimate of drug-likeness (QED) is 0.505. The van der Waals surface area contributed by atoms with E-state index in [4.69, 9.17) is 23.2 Å². The first-order valence-electron chi connectivity index (χ1n) is 6.32. The van der Waals surface area contributed by atoms with Gasteiger partial charge in [0.1, 0.15) is 18.9 Å². The van der Waals surface area contributed by atoms with E-state index < -0.39 is 10.8 Å². The number of rotatable bonds is 5. The van der Waals surface area contributed by atoms with Gasteiger partial charge in [-0.3, -0.25) is 19.6 Å². The maximum absolute atomic E-state index is 11.8. The highest BCUT2D eigenvalue weighted by Crippen LogP contribution is 2.21. The minimum Gasteiger partial charge on any atom is -0.271 e. The molecule has 2 rings (SSSR count). The molecular formula is C13H11Cl2N5O3. The lowest BCUT2D eigenvalue weighted by molar-refractivity contribution is -0.385. The fourth-order valence-corrected chi connectivity index (χ4v) is 2.25. The SMILES string of the molecule is C/C(=N\NC(=O)Cn1cc([N+](=O)[O-])cn1)c1ccc(Cl)cc1Cl. The Kier molecular flexibility index (Phi) is 5.30. The molecule has 0 atom stereocenters. The molecule has 0 aliphatic rings. The van der Waals surface area contributed by atoms with Gasteiger partial charge in [0.25, 0.3) is 5.91 Å². The van der Waals surface area contributed by atoms with Crippen LogP contribution in [-0.2, 0) is 11.3 Å². The van der Waals surface area contributed by atoms with E-state index in [9.17, 15) is 14.9 Å². The predicted molar refractivity (Wildman–Crippen MR) is 85.7 cm³/mol. The molecule has 1 amide bonds. The van der Waals surface area contributed by atoms with Gasteiger partial charge >= 0.3 is 5.69 Å². The summed E-state index contributed by atoms with van der Waals surface area (Å²) < 4.78 is 1.15. The third-order valence-corrected chi connectivity index (χ3v) is 3.35. The molecule has 2 aromatic rings. The number of benzene rings is 1. The number of amides is 1. The zero-order valence-corrected chi connectivity index (χ0v) is 13.4. The van der Waals surface area contributed by atoms with Crippen molar-refractivity contribution in [3.05, 3.63) is 56.3 Å². The van der Waals surface area contributed by atoms with Crippen LogP contribution in [0.25, 0.3) is 0 Å². The molecule has 1 heterocycles. The van der Waals surface area contributed by atoms with E-state index in [1.807, 2.05) is 0 Å². The maximum Gasteiger partial charge on any atom is 0.307 e. The van der Waals surface area contributed by atoms with Crippen LogP contribution >= 0.6 is 23.2 Å². The summed E-state index contributed by atoms with van der Waals surface area (Å²) in [7, 11) is 0. The first kappa shape index (κ1) is 16.9. The van der Waals surface area contributed by atoms with Crippen molar-refractivity contribution < 1.29 is 9.72 Å². The predicted octanol–water partition coefficient (Wildman–Crippen LogP) is 2.64. The number of carbonyl (C=O) groups is 1. The fraction of sp³-hybridized carbons (Fsp3) is 0.154. The summed E-state index contributed by atoms with van der Waals surface area (Å²) in [4.78, 5) is 21.7. The number of aromatic nitrogens is 2. The van der Waals surface area contributed by atoms with Gasteiger partial charge in [-0.1, -0.05) is 29.3 Å². The number of halogens is 2. The Labute approximate surface area is 140 Å². The van der Waals surface area contributed by atoms with Crippen LogP contribution in [0.2, 0.25) is 10.0 Å².